The van der Waals surface area contributed by atoms with E-state index >= 15 is 0 Å². The molecule has 4 rings (SSSR count). The van der Waals surface area contributed by atoms with Gasteiger partial charge in [-0.25, -0.2) is 0 Å². The summed E-state index contributed by atoms with van der Waals surface area (Å²) >= 11 is 0. The highest BCUT2D eigenvalue weighted by Gasteiger charge is 2.48. The molecule has 2 aromatic heterocycles. The van der Waals surface area contributed by atoms with Gasteiger partial charge in [0.15, 0.2) is 0 Å². The lowest BCUT2D eigenvalue weighted by atomic mass is 9.77. The van der Waals surface area contributed by atoms with Crippen molar-refractivity contribution < 1.29 is 14.1 Å². The van der Waals surface area contributed by atoms with Crippen molar-refractivity contribution in [3.8, 4) is 0 Å². The summed E-state index contributed by atoms with van der Waals surface area (Å²) in [6.07, 6.45) is 4.97. The highest BCUT2D eigenvalue weighted by atomic mass is 16.5. The Labute approximate surface area is 165 Å². The Morgan fingerprint density at radius 1 is 1.32 bits per heavy atom. The molecule has 0 N–H and O–H groups in total. The van der Waals surface area contributed by atoms with Gasteiger partial charge in [-0.05, 0) is 39.2 Å². The Hall–Kier alpha value is -2.19. The number of aryl methyl sites for hydroxylation is 2. The van der Waals surface area contributed by atoms with Crippen LogP contribution < -0.4 is 0 Å². The van der Waals surface area contributed by atoms with Crippen molar-refractivity contribution in [2.24, 2.45) is 0 Å². The van der Waals surface area contributed by atoms with Crippen LogP contribution in [0, 0.1) is 13.8 Å². The average molecular weight is 387 g/mol. The number of piperidine rings is 1. The number of nitrogens with zero attached hydrogens (tertiary/aromatic N) is 5. The van der Waals surface area contributed by atoms with Crippen LogP contribution in [-0.2, 0) is 17.8 Å². The van der Waals surface area contributed by atoms with Gasteiger partial charge in [0.05, 0.1) is 18.8 Å². The largest absolute Gasteiger partial charge is 0.383 e. The fraction of sp³-hybridized carbons (Fsp3) is 0.650. The van der Waals surface area contributed by atoms with Crippen LogP contribution in [0.1, 0.15) is 46.8 Å². The molecule has 2 saturated heterocycles. The average Bonchev–Trinajstić information content (AvgIpc) is 3.29. The van der Waals surface area contributed by atoms with Crippen LogP contribution in [0.3, 0.4) is 0 Å². The molecule has 2 fully saturated rings. The SMILES string of the molecule is COCCn1nccc1C(=O)N1CCC[C@@]2(CCN2Cc2c(C)noc2C)C1. The molecule has 1 amide bonds. The van der Waals surface area contributed by atoms with E-state index in [4.69, 9.17) is 9.26 Å². The zero-order chi connectivity index (χ0) is 19.7. The number of hydrogen-bond donors (Lipinski definition) is 0. The smallest absolute Gasteiger partial charge is 0.272 e. The maximum atomic E-state index is 13.2. The molecule has 4 heterocycles. The maximum absolute atomic E-state index is 13.2. The molecular formula is C20H29N5O3. The lowest BCUT2D eigenvalue weighted by Gasteiger charge is -2.57. The normalized spacial score (nSPS) is 22.6. The molecule has 8 nitrogen and oxygen atoms in total. The van der Waals surface area contributed by atoms with Crippen molar-refractivity contribution in [3.05, 3.63) is 35.0 Å². The fourth-order valence-electron chi connectivity index (χ4n) is 4.53. The first-order valence-corrected chi connectivity index (χ1v) is 10.0. The summed E-state index contributed by atoms with van der Waals surface area (Å²) in [4.78, 5) is 17.7. The van der Waals surface area contributed by atoms with E-state index < -0.39 is 0 Å². The van der Waals surface area contributed by atoms with E-state index in [9.17, 15) is 4.79 Å². The summed E-state index contributed by atoms with van der Waals surface area (Å²) in [7, 11) is 1.66. The number of amides is 1. The van der Waals surface area contributed by atoms with Crippen LogP contribution in [0.4, 0.5) is 0 Å². The molecule has 0 saturated carbocycles. The van der Waals surface area contributed by atoms with Gasteiger partial charge in [-0.15, -0.1) is 0 Å². The zero-order valence-electron chi connectivity index (χ0n) is 17.0. The molecule has 152 valence electrons. The second kappa shape index (κ2) is 7.67. The third-order valence-corrected chi connectivity index (χ3v) is 6.33. The molecule has 0 aromatic carbocycles. The maximum Gasteiger partial charge on any atom is 0.272 e. The van der Waals surface area contributed by atoms with Crippen LogP contribution in [0.25, 0.3) is 0 Å². The molecule has 1 atom stereocenters. The number of carbonyl (C=O) groups excluding carboxylic acids is 1. The van der Waals surface area contributed by atoms with Crippen LogP contribution in [0.5, 0.6) is 0 Å². The quantitative estimate of drug-likeness (QED) is 0.755. The molecule has 2 aliphatic heterocycles. The van der Waals surface area contributed by atoms with E-state index in [2.05, 4.69) is 15.2 Å². The molecular weight excluding hydrogens is 358 g/mol. The predicted octanol–water partition coefficient (Wildman–Crippen LogP) is 2.02. The third-order valence-electron chi connectivity index (χ3n) is 6.33. The van der Waals surface area contributed by atoms with Crippen molar-refractivity contribution in [2.45, 2.75) is 51.7 Å². The zero-order valence-corrected chi connectivity index (χ0v) is 17.0. The molecule has 0 radical (unpaired) electrons. The van der Waals surface area contributed by atoms with Gasteiger partial charge in [0, 0.05) is 50.6 Å². The van der Waals surface area contributed by atoms with Crippen molar-refractivity contribution in [1.29, 1.82) is 0 Å². The monoisotopic (exact) mass is 387 g/mol. The highest BCUT2D eigenvalue weighted by Crippen LogP contribution is 2.40. The molecule has 28 heavy (non-hydrogen) atoms. The minimum Gasteiger partial charge on any atom is -0.383 e. The number of ether oxygens (including phenoxy) is 1. The van der Waals surface area contributed by atoms with Crippen molar-refractivity contribution in [3.63, 3.8) is 0 Å². The van der Waals surface area contributed by atoms with Gasteiger partial charge < -0.3 is 14.2 Å². The van der Waals surface area contributed by atoms with Crippen molar-refractivity contribution in [1.82, 2.24) is 24.7 Å². The number of aromatic nitrogens is 3. The third kappa shape index (κ3) is 3.35. The Kier molecular flexibility index (Phi) is 5.25. The first kappa shape index (κ1) is 19.1. The van der Waals surface area contributed by atoms with Crippen LogP contribution >= 0.6 is 0 Å². The highest BCUT2D eigenvalue weighted by molar-refractivity contribution is 5.92. The summed E-state index contributed by atoms with van der Waals surface area (Å²) in [5.74, 6) is 0.960. The van der Waals surface area contributed by atoms with E-state index in [1.807, 2.05) is 24.8 Å². The summed E-state index contributed by atoms with van der Waals surface area (Å²) in [6.45, 7) is 8.56. The van der Waals surface area contributed by atoms with E-state index in [0.29, 0.717) is 18.8 Å². The van der Waals surface area contributed by atoms with Crippen molar-refractivity contribution >= 4 is 5.91 Å². The summed E-state index contributed by atoms with van der Waals surface area (Å²) < 4.78 is 12.2. The number of rotatable bonds is 6. The van der Waals surface area contributed by atoms with E-state index in [1.54, 1.807) is 18.0 Å². The van der Waals surface area contributed by atoms with Gasteiger partial charge in [0.1, 0.15) is 11.5 Å². The first-order chi connectivity index (χ1) is 13.5. The molecule has 0 bridgehead atoms. The number of hydrogen-bond acceptors (Lipinski definition) is 6. The number of methoxy groups -OCH3 is 1. The Morgan fingerprint density at radius 3 is 2.86 bits per heavy atom. The summed E-state index contributed by atoms with van der Waals surface area (Å²) in [5.41, 5.74) is 2.86. The molecule has 2 aliphatic rings. The van der Waals surface area contributed by atoms with Gasteiger partial charge >= 0.3 is 0 Å². The standard InChI is InChI=1S/C20H29N5O3/c1-15-17(16(2)28-22-15)13-24-10-7-20(24)6-4-9-23(14-20)19(26)18-5-8-21-25(18)11-12-27-3/h5,8H,4,6-7,9-14H2,1-3H3/t20-/m1/s1. The van der Waals surface area contributed by atoms with Gasteiger partial charge in [0.2, 0.25) is 0 Å². The second-order valence-electron chi connectivity index (χ2n) is 7.96. The Bertz CT molecular complexity index is 825. The minimum absolute atomic E-state index is 0.0665. The first-order valence-electron chi connectivity index (χ1n) is 10.0. The Morgan fingerprint density at radius 2 is 2.18 bits per heavy atom. The van der Waals surface area contributed by atoms with Crippen LogP contribution in [0.2, 0.25) is 0 Å². The lowest BCUT2D eigenvalue weighted by Crippen LogP contribution is -2.67. The number of carbonyl (C=O) groups is 1. The minimum atomic E-state index is 0.0665. The van der Waals surface area contributed by atoms with Gasteiger partial charge in [-0.3, -0.25) is 14.4 Å². The number of likely N-dealkylation sites (tertiary alicyclic amines) is 2. The van der Waals surface area contributed by atoms with Gasteiger partial charge in [0.25, 0.3) is 5.91 Å². The second-order valence-corrected chi connectivity index (χ2v) is 7.96. The topological polar surface area (TPSA) is 76.6 Å². The fourth-order valence-corrected chi connectivity index (χ4v) is 4.53. The molecule has 0 unspecified atom stereocenters. The molecule has 1 spiro atoms. The van der Waals surface area contributed by atoms with E-state index in [0.717, 1.165) is 56.9 Å². The predicted molar refractivity (Wildman–Crippen MR) is 103 cm³/mol. The van der Waals surface area contributed by atoms with Crippen molar-refractivity contribution in [2.75, 3.05) is 33.4 Å². The van der Waals surface area contributed by atoms with Crippen LogP contribution in [-0.4, -0.2) is 69.5 Å². The summed E-state index contributed by atoms with van der Waals surface area (Å²) in [5, 5.41) is 8.37. The molecule has 8 heteroatoms. The van der Waals surface area contributed by atoms with Gasteiger partial charge in [-0.2, -0.15) is 5.10 Å². The van der Waals surface area contributed by atoms with E-state index in [1.165, 1.54) is 5.56 Å². The molecule has 2 aromatic rings. The van der Waals surface area contributed by atoms with Gasteiger partial charge in [-0.1, -0.05) is 5.16 Å². The molecule has 0 aliphatic carbocycles. The Balaban J connectivity index is 1.47. The van der Waals surface area contributed by atoms with Crippen LogP contribution in [0.15, 0.2) is 16.8 Å². The lowest BCUT2D eigenvalue weighted by molar-refractivity contribution is -0.0653. The van der Waals surface area contributed by atoms with E-state index in [-0.39, 0.29) is 11.4 Å². The summed E-state index contributed by atoms with van der Waals surface area (Å²) in [6, 6.07) is 1.81.